The zero-order chi connectivity index (χ0) is 19.6. The predicted molar refractivity (Wildman–Crippen MR) is 118 cm³/mol. The number of carbonyl (C=O) groups is 1. The summed E-state index contributed by atoms with van der Waals surface area (Å²) in [6, 6.07) is 20.1. The highest BCUT2D eigenvalue weighted by atomic mass is 32.2. The lowest BCUT2D eigenvalue weighted by Crippen LogP contribution is -2.30. The number of aromatic nitrogens is 3. The highest BCUT2D eigenvalue weighted by Crippen LogP contribution is 2.48. The minimum atomic E-state index is 0.0137. The fourth-order valence-electron chi connectivity index (χ4n) is 3.16. The number of aromatic amines is 1. The van der Waals surface area contributed by atoms with Gasteiger partial charge in [-0.25, -0.2) is 4.98 Å². The molecule has 1 aliphatic heterocycles. The lowest BCUT2D eigenvalue weighted by Gasteiger charge is -2.30. The van der Waals surface area contributed by atoms with E-state index in [-0.39, 0.29) is 11.7 Å². The standard InChI is InChI=1S/C21H16N4OS3/c26-20(13-28-21-22-19(23-24-21)12-14-6-5-11-27-14)25-15-7-1-3-9-17(15)29-18-10-4-2-8-16(18)25/h1-11H,12-13H2,(H,22,23,24). The summed E-state index contributed by atoms with van der Waals surface area (Å²) in [5.41, 5.74) is 1.85. The Morgan fingerprint density at radius 1 is 1.00 bits per heavy atom. The minimum Gasteiger partial charge on any atom is -0.278 e. The number of hydrogen-bond donors (Lipinski definition) is 1. The lowest BCUT2D eigenvalue weighted by atomic mass is 10.2. The lowest BCUT2D eigenvalue weighted by molar-refractivity contribution is -0.115. The fourth-order valence-corrected chi connectivity index (χ4v) is 5.60. The summed E-state index contributed by atoms with van der Waals surface area (Å²) in [5.74, 6) is 1.09. The van der Waals surface area contributed by atoms with Gasteiger partial charge in [0.05, 0.1) is 17.1 Å². The number of carbonyl (C=O) groups excluding carboxylic acids is 1. The number of rotatable bonds is 5. The third-order valence-electron chi connectivity index (χ3n) is 4.44. The number of thioether (sulfide) groups is 1. The number of fused-ring (bicyclic) bond motifs is 2. The molecule has 1 N–H and O–H groups in total. The molecule has 1 amide bonds. The Morgan fingerprint density at radius 3 is 2.41 bits per heavy atom. The van der Waals surface area contributed by atoms with Crippen LogP contribution < -0.4 is 4.90 Å². The summed E-state index contributed by atoms with van der Waals surface area (Å²) >= 11 is 4.74. The van der Waals surface area contributed by atoms with Gasteiger partial charge >= 0.3 is 0 Å². The number of nitrogens with zero attached hydrogens (tertiary/aromatic N) is 3. The number of para-hydroxylation sites is 2. The zero-order valence-electron chi connectivity index (χ0n) is 15.2. The maximum Gasteiger partial charge on any atom is 0.242 e. The van der Waals surface area contributed by atoms with E-state index in [9.17, 15) is 4.79 Å². The van der Waals surface area contributed by atoms with E-state index < -0.39 is 0 Å². The minimum absolute atomic E-state index is 0.0137. The van der Waals surface area contributed by atoms with Crippen molar-refractivity contribution >= 4 is 52.1 Å². The Hall–Kier alpha value is -2.55. The number of amides is 1. The third-order valence-corrected chi connectivity index (χ3v) is 7.28. The van der Waals surface area contributed by atoms with E-state index in [4.69, 9.17) is 0 Å². The van der Waals surface area contributed by atoms with Gasteiger partial charge in [0.2, 0.25) is 11.1 Å². The molecule has 5 nitrogen and oxygen atoms in total. The van der Waals surface area contributed by atoms with E-state index in [0.717, 1.165) is 33.4 Å². The molecule has 0 atom stereocenters. The normalized spacial score (nSPS) is 12.5. The van der Waals surface area contributed by atoms with Gasteiger partial charge in [0.1, 0.15) is 5.82 Å². The smallest absolute Gasteiger partial charge is 0.242 e. The quantitative estimate of drug-likeness (QED) is 0.426. The predicted octanol–water partition coefficient (Wildman–Crippen LogP) is 5.38. The van der Waals surface area contributed by atoms with Crippen LogP contribution in [-0.2, 0) is 11.2 Å². The van der Waals surface area contributed by atoms with Crippen LogP contribution in [0.5, 0.6) is 0 Å². The molecule has 3 heterocycles. The average molecular weight is 437 g/mol. The molecule has 2 aromatic carbocycles. The molecule has 0 saturated heterocycles. The number of hydrogen-bond acceptors (Lipinski definition) is 6. The van der Waals surface area contributed by atoms with E-state index in [1.165, 1.54) is 16.6 Å². The van der Waals surface area contributed by atoms with Crippen LogP contribution in [0.3, 0.4) is 0 Å². The number of nitrogens with one attached hydrogen (secondary N) is 1. The molecule has 8 heteroatoms. The van der Waals surface area contributed by atoms with Crippen molar-refractivity contribution in [2.24, 2.45) is 0 Å². The van der Waals surface area contributed by atoms with Crippen molar-refractivity contribution < 1.29 is 4.79 Å². The van der Waals surface area contributed by atoms with Crippen LogP contribution in [0.2, 0.25) is 0 Å². The molecule has 144 valence electrons. The first-order valence-electron chi connectivity index (χ1n) is 9.03. The second kappa shape index (κ2) is 8.06. The summed E-state index contributed by atoms with van der Waals surface area (Å²) in [7, 11) is 0. The first-order chi connectivity index (χ1) is 14.3. The van der Waals surface area contributed by atoms with E-state index in [1.807, 2.05) is 52.7 Å². The van der Waals surface area contributed by atoms with E-state index >= 15 is 0 Å². The van der Waals surface area contributed by atoms with Gasteiger partial charge in [-0.2, -0.15) is 0 Å². The maximum atomic E-state index is 13.2. The van der Waals surface area contributed by atoms with Crippen LogP contribution >= 0.6 is 34.9 Å². The number of thiophene rings is 1. The first-order valence-corrected chi connectivity index (χ1v) is 11.7. The largest absolute Gasteiger partial charge is 0.278 e. The van der Waals surface area contributed by atoms with E-state index in [0.29, 0.717) is 5.16 Å². The third kappa shape index (κ3) is 3.83. The molecule has 4 aromatic rings. The topological polar surface area (TPSA) is 61.9 Å². The maximum absolute atomic E-state index is 13.2. The molecule has 1 aliphatic rings. The Bertz CT molecular complexity index is 1110. The number of anilines is 2. The van der Waals surface area contributed by atoms with Crippen molar-refractivity contribution in [1.82, 2.24) is 15.2 Å². The molecule has 0 unspecified atom stereocenters. The van der Waals surface area contributed by atoms with Gasteiger partial charge in [0, 0.05) is 21.1 Å². The molecule has 0 spiro atoms. The van der Waals surface area contributed by atoms with Crippen LogP contribution in [0.25, 0.3) is 0 Å². The van der Waals surface area contributed by atoms with E-state index in [1.54, 1.807) is 23.1 Å². The summed E-state index contributed by atoms with van der Waals surface area (Å²) in [6.07, 6.45) is 0.725. The highest BCUT2D eigenvalue weighted by Gasteiger charge is 2.27. The fraction of sp³-hybridized carbons (Fsp3) is 0.0952. The summed E-state index contributed by atoms with van der Waals surface area (Å²) in [5, 5.41) is 9.88. The molecule has 0 aliphatic carbocycles. The van der Waals surface area contributed by atoms with Gasteiger partial charge in [-0.15, -0.1) is 16.4 Å². The average Bonchev–Trinajstić information content (AvgIpc) is 3.42. The van der Waals surface area contributed by atoms with Gasteiger partial charge < -0.3 is 0 Å². The monoisotopic (exact) mass is 436 g/mol. The molecular weight excluding hydrogens is 420 g/mol. The van der Waals surface area contributed by atoms with Crippen molar-refractivity contribution in [1.29, 1.82) is 0 Å². The zero-order valence-corrected chi connectivity index (χ0v) is 17.7. The summed E-state index contributed by atoms with van der Waals surface area (Å²) < 4.78 is 0. The number of H-pyrrole nitrogens is 1. The van der Waals surface area contributed by atoms with Gasteiger partial charge in [-0.1, -0.05) is 53.9 Å². The molecule has 2 aromatic heterocycles. The van der Waals surface area contributed by atoms with Crippen LogP contribution in [0.15, 0.2) is 81.0 Å². The Kier molecular flexibility index (Phi) is 5.13. The molecule has 0 saturated carbocycles. The number of benzene rings is 2. The Balaban J connectivity index is 1.33. The Labute approximate surface area is 180 Å². The van der Waals surface area contributed by atoms with Crippen LogP contribution in [0, 0.1) is 0 Å². The molecule has 0 fully saturated rings. The molecular formula is C21H16N4OS3. The van der Waals surface area contributed by atoms with Crippen molar-refractivity contribution in [3.63, 3.8) is 0 Å². The van der Waals surface area contributed by atoms with Gasteiger partial charge in [0.25, 0.3) is 0 Å². The van der Waals surface area contributed by atoms with Crippen LogP contribution in [0.1, 0.15) is 10.7 Å². The summed E-state index contributed by atoms with van der Waals surface area (Å²) in [6.45, 7) is 0. The van der Waals surface area contributed by atoms with Crippen molar-refractivity contribution in [3.8, 4) is 0 Å². The first kappa shape index (κ1) is 18.5. The SMILES string of the molecule is O=C(CSc1n[nH]c(Cc2cccs2)n1)N1c2ccccc2Sc2ccccc21. The molecule has 5 rings (SSSR count). The van der Waals surface area contributed by atoms with Gasteiger partial charge in [-0.05, 0) is 35.7 Å². The van der Waals surface area contributed by atoms with Gasteiger partial charge in [0.15, 0.2) is 0 Å². The molecule has 29 heavy (non-hydrogen) atoms. The van der Waals surface area contributed by atoms with Crippen molar-refractivity contribution in [2.75, 3.05) is 10.7 Å². The van der Waals surface area contributed by atoms with Gasteiger partial charge in [-0.3, -0.25) is 14.8 Å². The van der Waals surface area contributed by atoms with Crippen molar-refractivity contribution in [3.05, 3.63) is 76.7 Å². The second-order valence-corrected chi connectivity index (χ2v) is 9.43. The molecule has 0 bridgehead atoms. The van der Waals surface area contributed by atoms with Crippen LogP contribution in [0.4, 0.5) is 11.4 Å². The van der Waals surface area contributed by atoms with Crippen molar-refractivity contribution in [2.45, 2.75) is 21.4 Å². The van der Waals surface area contributed by atoms with E-state index in [2.05, 4.69) is 33.4 Å². The summed E-state index contributed by atoms with van der Waals surface area (Å²) in [4.78, 5) is 22.9. The molecule has 0 radical (unpaired) electrons. The highest BCUT2D eigenvalue weighted by molar-refractivity contribution is 8.00. The Morgan fingerprint density at radius 2 is 1.72 bits per heavy atom. The van der Waals surface area contributed by atoms with Crippen LogP contribution in [-0.4, -0.2) is 26.8 Å². The second-order valence-electron chi connectivity index (χ2n) is 6.38.